The molecule has 0 aromatic carbocycles. The maximum atomic E-state index is 5.38. The zero-order chi connectivity index (χ0) is 12.1. The van der Waals surface area contributed by atoms with Crippen molar-refractivity contribution < 1.29 is 4.74 Å². The predicted octanol–water partition coefficient (Wildman–Crippen LogP) is 2.04. The fraction of sp³-hybridized carbons (Fsp3) is 0.750. The number of hydrogen-bond donors (Lipinski definition) is 1. The molecule has 1 fully saturated rings. The van der Waals surface area contributed by atoms with Gasteiger partial charge < -0.3 is 15.0 Å². The lowest BCUT2D eigenvalue weighted by molar-refractivity contribution is 0.0548. The van der Waals surface area contributed by atoms with Crippen molar-refractivity contribution in [3.8, 4) is 0 Å². The molecule has 17 heavy (non-hydrogen) atoms. The number of ether oxygens (including phenoxy) is 1. The largest absolute Gasteiger partial charge is 0.381 e. The Balaban J connectivity index is 1.77. The molecule has 1 saturated heterocycles. The Bertz CT molecular complexity index is 336. The van der Waals surface area contributed by atoms with Crippen LogP contribution < -0.4 is 5.32 Å². The topological polar surface area (TPSA) is 37.4 Å². The van der Waals surface area contributed by atoms with Crippen LogP contribution in [-0.2, 0) is 11.3 Å². The van der Waals surface area contributed by atoms with E-state index in [0.29, 0.717) is 0 Å². The van der Waals surface area contributed by atoms with Crippen LogP contribution in [0.15, 0.2) is 5.38 Å². The zero-order valence-corrected chi connectivity index (χ0v) is 11.4. The van der Waals surface area contributed by atoms with E-state index in [-0.39, 0.29) is 0 Å². The van der Waals surface area contributed by atoms with E-state index < -0.39 is 0 Å². The van der Waals surface area contributed by atoms with Gasteiger partial charge in [-0.3, -0.25) is 0 Å². The summed E-state index contributed by atoms with van der Waals surface area (Å²) in [5, 5.41) is 6.21. The molecule has 2 heterocycles. The summed E-state index contributed by atoms with van der Waals surface area (Å²) in [7, 11) is 4.09. The summed E-state index contributed by atoms with van der Waals surface area (Å²) in [5.41, 5.74) is 1.16. The molecular formula is C12H21N3OS. The summed E-state index contributed by atoms with van der Waals surface area (Å²) in [6.45, 7) is 3.95. The standard InChI is InChI=1S/C12H21N3OS/c1-13-12-14-11(9-17-12)8-15(2)7-10-3-5-16-6-4-10/h9-10H,3-8H2,1-2H3,(H,13,14). The monoisotopic (exact) mass is 255 g/mol. The minimum Gasteiger partial charge on any atom is -0.381 e. The molecule has 0 aliphatic carbocycles. The van der Waals surface area contributed by atoms with Gasteiger partial charge in [0.15, 0.2) is 5.13 Å². The molecule has 1 N–H and O–H groups in total. The van der Waals surface area contributed by atoms with Gasteiger partial charge in [0.1, 0.15) is 0 Å². The number of rotatable bonds is 5. The van der Waals surface area contributed by atoms with Crippen LogP contribution in [0.1, 0.15) is 18.5 Å². The van der Waals surface area contributed by atoms with E-state index in [1.165, 1.54) is 12.8 Å². The van der Waals surface area contributed by atoms with Crippen LogP contribution in [0.2, 0.25) is 0 Å². The first kappa shape index (κ1) is 12.8. The van der Waals surface area contributed by atoms with Crippen molar-refractivity contribution in [2.24, 2.45) is 5.92 Å². The van der Waals surface area contributed by atoms with E-state index in [1.807, 2.05) is 7.05 Å². The molecule has 0 radical (unpaired) electrons. The van der Waals surface area contributed by atoms with Crippen molar-refractivity contribution in [1.29, 1.82) is 0 Å². The smallest absolute Gasteiger partial charge is 0.182 e. The quantitative estimate of drug-likeness (QED) is 0.874. The van der Waals surface area contributed by atoms with Crippen molar-refractivity contribution in [2.75, 3.05) is 39.2 Å². The van der Waals surface area contributed by atoms with Crippen molar-refractivity contribution in [2.45, 2.75) is 19.4 Å². The highest BCUT2D eigenvalue weighted by atomic mass is 32.1. The maximum Gasteiger partial charge on any atom is 0.182 e. The fourth-order valence-electron chi connectivity index (χ4n) is 2.21. The second-order valence-electron chi connectivity index (χ2n) is 4.65. The number of anilines is 1. The Kier molecular flexibility index (Phi) is 4.76. The lowest BCUT2D eigenvalue weighted by Gasteiger charge is -2.26. The highest BCUT2D eigenvalue weighted by Crippen LogP contribution is 2.18. The summed E-state index contributed by atoms with van der Waals surface area (Å²) >= 11 is 1.67. The summed E-state index contributed by atoms with van der Waals surface area (Å²) in [6, 6.07) is 0. The first-order chi connectivity index (χ1) is 8.28. The Morgan fingerprint density at radius 1 is 1.53 bits per heavy atom. The van der Waals surface area contributed by atoms with Gasteiger partial charge in [0, 0.05) is 38.7 Å². The Labute approximate surface area is 107 Å². The van der Waals surface area contributed by atoms with Crippen LogP contribution in [0.5, 0.6) is 0 Å². The highest BCUT2D eigenvalue weighted by Gasteiger charge is 2.16. The third-order valence-corrected chi connectivity index (χ3v) is 4.02. The molecule has 0 saturated carbocycles. The first-order valence-corrected chi connectivity index (χ1v) is 7.04. The van der Waals surface area contributed by atoms with Gasteiger partial charge >= 0.3 is 0 Å². The maximum absolute atomic E-state index is 5.38. The molecule has 5 heteroatoms. The summed E-state index contributed by atoms with van der Waals surface area (Å²) in [4.78, 5) is 6.87. The molecule has 0 atom stereocenters. The number of hydrogen-bond acceptors (Lipinski definition) is 5. The minimum atomic E-state index is 0.788. The number of nitrogens with zero attached hydrogens (tertiary/aromatic N) is 2. The van der Waals surface area contributed by atoms with Crippen molar-refractivity contribution in [1.82, 2.24) is 9.88 Å². The summed E-state index contributed by atoms with van der Waals surface area (Å²) in [6.07, 6.45) is 2.40. The second-order valence-corrected chi connectivity index (χ2v) is 5.50. The van der Waals surface area contributed by atoms with Gasteiger partial charge in [0.05, 0.1) is 5.69 Å². The van der Waals surface area contributed by atoms with Crippen LogP contribution in [0.25, 0.3) is 0 Å². The van der Waals surface area contributed by atoms with Gasteiger partial charge in [0.25, 0.3) is 0 Å². The first-order valence-electron chi connectivity index (χ1n) is 6.16. The van der Waals surface area contributed by atoms with Crippen LogP contribution in [-0.4, -0.2) is 43.7 Å². The lowest BCUT2D eigenvalue weighted by Crippen LogP contribution is -2.29. The van der Waals surface area contributed by atoms with E-state index in [1.54, 1.807) is 11.3 Å². The van der Waals surface area contributed by atoms with E-state index in [0.717, 1.165) is 43.0 Å². The highest BCUT2D eigenvalue weighted by molar-refractivity contribution is 7.13. The Hall–Kier alpha value is -0.650. The molecule has 2 rings (SSSR count). The average Bonchev–Trinajstić information content (AvgIpc) is 2.78. The van der Waals surface area contributed by atoms with Crippen molar-refractivity contribution >= 4 is 16.5 Å². The van der Waals surface area contributed by atoms with Crippen molar-refractivity contribution in [3.63, 3.8) is 0 Å². The molecule has 4 nitrogen and oxygen atoms in total. The molecule has 0 unspecified atom stereocenters. The van der Waals surface area contributed by atoms with Gasteiger partial charge in [-0.2, -0.15) is 0 Å². The van der Waals surface area contributed by atoms with Gasteiger partial charge in [-0.25, -0.2) is 4.98 Å². The SMILES string of the molecule is CNc1nc(CN(C)CC2CCOCC2)cs1. The molecule has 1 aliphatic rings. The minimum absolute atomic E-state index is 0.788. The van der Waals surface area contributed by atoms with E-state index in [9.17, 15) is 0 Å². The molecule has 1 aromatic heterocycles. The summed E-state index contributed by atoms with van der Waals surface area (Å²) < 4.78 is 5.38. The van der Waals surface area contributed by atoms with E-state index >= 15 is 0 Å². The molecule has 1 aliphatic heterocycles. The third-order valence-electron chi connectivity index (χ3n) is 3.11. The number of thiazole rings is 1. The average molecular weight is 255 g/mol. The number of aromatic nitrogens is 1. The Morgan fingerprint density at radius 2 is 2.29 bits per heavy atom. The molecule has 0 amide bonds. The normalized spacial score (nSPS) is 17.6. The van der Waals surface area contributed by atoms with Crippen molar-refractivity contribution in [3.05, 3.63) is 11.1 Å². The molecule has 0 spiro atoms. The fourth-order valence-corrected chi connectivity index (χ4v) is 2.87. The zero-order valence-electron chi connectivity index (χ0n) is 10.6. The third kappa shape index (κ3) is 3.94. The number of nitrogens with one attached hydrogen (secondary N) is 1. The van der Waals surface area contributed by atoms with E-state index in [4.69, 9.17) is 4.74 Å². The van der Waals surface area contributed by atoms with Crippen LogP contribution in [0, 0.1) is 5.92 Å². The van der Waals surface area contributed by atoms with Gasteiger partial charge in [-0.15, -0.1) is 11.3 Å². The molecular weight excluding hydrogens is 234 g/mol. The second kappa shape index (κ2) is 6.33. The Morgan fingerprint density at radius 3 is 2.94 bits per heavy atom. The molecule has 0 bridgehead atoms. The van der Waals surface area contributed by atoms with Gasteiger partial charge in [-0.05, 0) is 25.8 Å². The van der Waals surface area contributed by atoms with Gasteiger partial charge in [0.2, 0.25) is 0 Å². The molecule has 96 valence electrons. The molecule has 1 aromatic rings. The van der Waals surface area contributed by atoms with Gasteiger partial charge in [-0.1, -0.05) is 0 Å². The predicted molar refractivity (Wildman–Crippen MR) is 71.5 cm³/mol. The van der Waals surface area contributed by atoms with Crippen LogP contribution in [0.3, 0.4) is 0 Å². The van der Waals surface area contributed by atoms with E-state index in [2.05, 4.69) is 27.6 Å². The summed E-state index contributed by atoms with van der Waals surface area (Å²) in [5.74, 6) is 0.788. The van der Waals surface area contributed by atoms with Crippen LogP contribution in [0.4, 0.5) is 5.13 Å². The van der Waals surface area contributed by atoms with Crippen LogP contribution >= 0.6 is 11.3 Å². The lowest BCUT2D eigenvalue weighted by atomic mass is 10.00.